The van der Waals surface area contributed by atoms with Crippen LogP contribution in [0.4, 0.5) is 13.2 Å². The lowest BCUT2D eigenvalue weighted by Gasteiger charge is -2.31. The second-order valence-corrected chi connectivity index (χ2v) is 6.76. The number of methoxy groups -OCH3 is 2. The van der Waals surface area contributed by atoms with Crippen molar-refractivity contribution >= 4 is 11.5 Å². The minimum atomic E-state index is -4.48. The minimum Gasteiger partial charge on any atom is -0.493 e. The smallest absolute Gasteiger partial charge is 0.408 e. The molecule has 1 aliphatic rings. The number of nitriles is 1. The molecule has 0 amide bonds. The third-order valence-electron chi connectivity index (χ3n) is 4.77. The minimum absolute atomic E-state index is 0.00443. The number of aliphatic imine (C=N–C) groups is 1. The maximum atomic E-state index is 13.6. The van der Waals surface area contributed by atoms with Crippen LogP contribution in [0.3, 0.4) is 0 Å². The van der Waals surface area contributed by atoms with Crippen molar-refractivity contribution in [3.8, 4) is 17.6 Å². The molecule has 2 heterocycles. The molecule has 0 saturated heterocycles. The quantitative estimate of drug-likeness (QED) is 0.752. The fourth-order valence-corrected chi connectivity index (χ4v) is 3.15. The molecule has 0 radical (unpaired) electrons. The van der Waals surface area contributed by atoms with E-state index in [1.165, 1.54) is 32.6 Å². The van der Waals surface area contributed by atoms with E-state index in [-0.39, 0.29) is 23.6 Å². The third-order valence-corrected chi connectivity index (χ3v) is 4.77. The molecule has 3 rings (SSSR count). The Hall–Kier alpha value is -3.74. The number of ether oxygens (including phenoxy) is 2. The molecule has 7 nitrogen and oxygen atoms in total. The number of halogens is 3. The number of nitrogens with zero attached hydrogens (tertiary/aromatic N) is 3. The van der Waals surface area contributed by atoms with Crippen molar-refractivity contribution in [3.63, 3.8) is 0 Å². The number of nitrogens with two attached hydrogens (primary N) is 1. The predicted octanol–water partition coefficient (Wildman–Crippen LogP) is 3.33. The van der Waals surface area contributed by atoms with E-state index in [2.05, 4.69) is 15.3 Å². The number of nitrogens with one attached hydrogen (secondary N) is 1. The SMILES string of the molecule is COc1ccc(C2CC(C(F)(F)F)NC(/C=C(\N)c3ccc(C#N)nc3)=N2)cc1OC. The lowest BCUT2D eigenvalue weighted by molar-refractivity contribution is -0.155. The number of benzene rings is 1. The van der Waals surface area contributed by atoms with E-state index in [0.29, 0.717) is 22.6 Å². The highest BCUT2D eigenvalue weighted by molar-refractivity contribution is 5.99. The van der Waals surface area contributed by atoms with Gasteiger partial charge in [0.1, 0.15) is 23.6 Å². The first-order valence-corrected chi connectivity index (χ1v) is 9.21. The molecule has 0 aliphatic carbocycles. The van der Waals surface area contributed by atoms with Crippen LogP contribution in [0, 0.1) is 11.3 Å². The molecule has 0 saturated carbocycles. The molecule has 1 aromatic carbocycles. The highest BCUT2D eigenvalue weighted by Crippen LogP contribution is 2.37. The summed E-state index contributed by atoms with van der Waals surface area (Å²) in [6, 6.07) is 7.24. The fraction of sp³-hybridized carbons (Fsp3) is 0.286. The fourth-order valence-electron chi connectivity index (χ4n) is 3.15. The van der Waals surface area contributed by atoms with Crippen LogP contribution in [0.15, 0.2) is 47.6 Å². The zero-order valence-electron chi connectivity index (χ0n) is 16.8. The Kier molecular flexibility index (Phi) is 6.34. The summed E-state index contributed by atoms with van der Waals surface area (Å²) in [7, 11) is 2.93. The Labute approximate surface area is 177 Å². The van der Waals surface area contributed by atoms with Gasteiger partial charge in [0.25, 0.3) is 0 Å². The molecule has 2 unspecified atom stereocenters. The third kappa shape index (κ3) is 5.06. The molecule has 31 heavy (non-hydrogen) atoms. The second kappa shape index (κ2) is 8.95. The summed E-state index contributed by atoms with van der Waals surface area (Å²) in [4.78, 5) is 8.34. The van der Waals surface area contributed by atoms with Crippen LogP contribution in [0.1, 0.15) is 29.3 Å². The first-order chi connectivity index (χ1) is 14.7. The number of pyridine rings is 1. The van der Waals surface area contributed by atoms with E-state index in [1.807, 2.05) is 6.07 Å². The van der Waals surface area contributed by atoms with Gasteiger partial charge in [-0.15, -0.1) is 0 Å². The van der Waals surface area contributed by atoms with Crippen molar-refractivity contribution in [2.24, 2.45) is 10.7 Å². The van der Waals surface area contributed by atoms with Crippen LogP contribution >= 0.6 is 0 Å². The van der Waals surface area contributed by atoms with Crippen LogP contribution in [-0.2, 0) is 0 Å². The van der Waals surface area contributed by atoms with Crippen molar-refractivity contribution in [2.75, 3.05) is 14.2 Å². The summed E-state index contributed by atoms with van der Waals surface area (Å²) in [5, 5.41) is 11.2. The Morgan fingerprint density at radius 3 is 2.55 bits per heavy atom. The number of alkyl halides is 3. The largest absolute Gasteiger partial charge is 0.493 e. The van der Waals surface area contributed by atoms with Gasteiger partial charge in [-0.05, 0) is 29.8 Å². The molecule has 2 atom stereocenters. The van der Waals surface area contributed by atoms with E-state index in [4.69, 9.17) is 20.5 Å². The summed E-state index contributed by atoms with van der Waals surface area (Å²) >= 11 is 0. The summed E-state index contributed by atoms with van der Waals surface area (Å²) in [5.41, 5.74) is 7.42. The van der Waals surface area contributed by atoms with Gasteiger partial charge in [-0.3, -0.25) is 4.99 Å². The lowest BCUT2D eigenvalue weighted by Crippen LogP contribution is -2.48. The molecular weight excluding hydrogens is 411 g/mol. The average molecular weight is 431 g/mol. The van der Waals surface area contributed by atoms with Crippen molar-refractivity contribution in [2.45, 2.75) is 24.7 Å². The summed E-state index contributed by atoms with van der Waals surface area (Å²) in [6.07, 6.45) is -2.06. The summed E-state index contributed by atoms with van der Waals surface area (Å²) in [5.74, 6) is 0.863. The van der Waals surface area contributed by atoms with Gasteiger partial charge in [0.05, 0.1) is 20.3 Å². The maximum Gasteiger partial charge on any atom is 0.408 e. The van der Waals surface area contributed by atoms with Crippen LogP contribution in [0.5, 0.6) is 11.5 Å². The van der Waals surface area contributed by atoms with Crippen LogP contribution in [0.25, 0.3) is 5.70 Å². The Balaban J connectivity index is 1.97. The number of amidine groups is 1. The average Bonchev–Trinajstić information content (AvgIpc) is 2.77. The van der Waals surface area contributed by atoms with Crippen LogP contribution in [0.2, 0.25) is 0 Å². The first kappa shape index (κ1) is 22.0. The van der Waals surface area contributed by atoms with Gasteiger partial charge in [-0.25, -0.2) is 4.98 Å². The molecule has 162 valence electrons. The number of hydrogen-bond acceptors (Lipinski definition) is 7. The van der Waals surface area contributed by atoms with Gasteiger partial charge in [0, 0.05) is 30.0 Å². The molecule has 1 aliphatic heterocycles. The van der Waals surface area contributed by atoms with E-state index in [0.717, 1.165) is 0 Å². The normalized spacial score (nSPS) is 19.1. The van der Waals surface area contributed by atoms with Crippen molar-refractivity contribution in [1.82, 2.24) is 10.3 Å². The van der Waals surface area contributed by atoms with Gasteiger partial charge >= 0.3 is 6.18 Å². The van der Waals surface area contributed by atoms with Gasteiger partial charge in [-0.2, -0.15) is 18.4 Å². The van der Waals surface area contributed by atoms with Gasteiger partial charge in [-0.1, -0.05) is 6.07 Å². The topological polar surface area (TPSA) is 106 Å². The summed E-state index contributed by atoms with van der Waals surface area (Å²) in [6.45, 7) is 0. The molecule has 0 fully saturated rings. The summed E-state index contributed by atoms with van der Waals surface area (Å²) < 4.78 is 51.1. The number of aromatic nitrogens is 1. The molecule has 3 N–H and O–H groups in total. The van der Waals surface area contributed by atoms with Crippen LogP contribution < -0.4 is 20.5 Å². The molecule has 0 spiro atoms. The molecule has 1 aromatic heterocycles. The standard InChI is InChI=1S/C21H20F3N5O2/c1-30-17-6-4-12(7-18(17)31-2)16-9-19(21(22,23)24)29-20(28-16)8-15(26)13-3-5-14(10-25)27-11-13/h3-8,11,16,19H,9,26H2,1-2H3,(H,28,29)/b15-8-. The zero-order valence-corrected chi connectivity index (χ0v) is 16.8. The van der Waals surface area contributed by atoms with Gasteiger partial charge in [0.2, 0.25) is 0 Å². The van der Waals surface area contributed by atoms with Crippen molar-refractivity contribution in [1.29, 1.82) is 5.26 Å². The van der Waals surface area contributed by atoms with E-state index >= 15 is 0 Å². The van der Waals surface area contributed by atoms with Crippen LogP contribution in [-0.4, -0.2) is 37.3 Å². The Bertz CT molecular complexity index is 1040. The Morgan fingerprint density at radius 1 is 1.23 bits per heavy atom. The molecule has 10 heteroatoms. The van der Waals surface area contributed by atoms with E-state index in [1.54, 1.807) is 24.3 Å². The van der Waals surface area contributed by atoms with Crippen molar-refractivity contribution in [3.05, 3.63) is 59.4 Å². The van der Waals surface area contributed by atoms with Crippen molar-refractivity contribution < 1.29 is 22.6 Å². The predicted molar refractivity (Wildman–Crippen MR) is 108 cm³/mol. The number of hydrogen-bond donors (Lipinski definition) is 2. The monoisotopic (exact) mass is 431 g/mol. The zero-order chi connectivity index (χ0) is 22.6. The molecule has 0 bridgehead atoms. The van der Waals surface area contributed by atoms with Gasteiger partial charge in [0.15, 0.2) is 11.5 Å². The first-order valence-electron chi connectivity index (χ1n) is 9.21. The lowest BCUT2D eigenvalue weighted by atomic mass is 9.97. The second-order valence-electron chi connectivity index (χ2n) is 6.76. The van der Waals surface area contributed by atoms with Gasteiger partial charge < -0.3 is 20.5 Å². The van der Waals surface area contributed by atoms with E-state index in [9.17, 15) is 13.2 Å². The maximum absolute atomic E-state index is 13.6. The van der Waals surface area contributed by atoms with E-state index < -0.39 is 18.3 Å². The molecular formula is C21H20F3N5O2. The molecule has 2 aromatic rings. The Morgan fingerprint density at radius 2 is 1.97 bits per heavy atom. The number of rotatable bonds is 5. The highest BCUT2D eigenvalue weighted by Gasteiger charge is 2.43. The highest BCUT2D eigenvalue weighted by atomic mass is 19.4.